The minimum atomic E-state index is -0.544. The smallest absolute Gasteiger partial charge is 0.171 e. The van der Waals surface area contributed by atoms with Gasteiger partial charge < -0.3 is 0 Å². The Morgan fingerprint density at radius 2 is 2.00 bits per heavy atom. The number of Topliss-reactive ketones (excluding diaryl/α,β-unsaturated/α-hetero) is 1. The molecule has 6 heteroatoms. The summed E-state index contributed by atoms with van der Waals surface area (Å²) in [4.78, 5) is 16.7. The van der Waals surface area contributed by atoms with E-state index in [1.54, 1.807) is 24.3 Å². The van der Waals surface area contributed by atoms with Crippen LogP contribution in [0.3, 0.4) is 0 Å². The monoisotopic (exact) mass is 323 g/mol. The number of aromatic nitrogens is 3. The van der Waals surface area contributed by atoms with Crippen molar-refractivity contribution in [2.24, 2.45) is 5.41 Å². The Hall–Kier alpha value is -1.65. The fourth-order valence-corrected chi connectivity index (χ4v) is 2.22. The van der Waals surface area contributed by atoms with Gasteiger partial charge in [0.2, 0.25) is 0 Å². The number of aromatic amines is 1. The maximum atomic E-state index is 12.6. The van der Waals surface area contributed by atoms with E-state index < -0.39 is 5.41 Å². The van der Waals surface area contributed by atoms with E-state index in [1.165, 1.54) is 6.33 Å². The summed E-state index contributed by atoms with van der Waals surface area (Å²) in [5.74, 6) is 0.367. The SMILES string of the molecule is CC(C)(C)C(=O)C(=Cc1ccc(Cl)cc1Cl)c1ncn[nH]1. The number of allylic oxidation sites excluding steroid dienone is 1. The summed E-state index contributed by atoms with van der Waals surface area (Å²) >= 11 is 12.1. The van der Waals surface area contributed by atoms with Crippen LogP contribution in [0.15, 0.2) is 24.5 Å². The van der Waals surface area contributed by atoms with Crippen LogP contribution in [0.25, 0.3) is 11.6 Å². The predicted octanol–water partition coefficient (Wildman–Crippen LogP) is 4.27. The summed E-state index contributed by atoms with van der Waals surface area (Å²) < 4.78 is 0. The van der Waals surface area contributed by atoms with Crippen LogP contribution >= 0.6 is 23.2 Å². The molecule has 1 N–H and O–H groups in total. The molecule has 0 aliphatic carbocycles. The van der Waals surface area contributed by atoms with Gasteiger partial charge in [-0.1, -0.05) is 50.0 Å². The van der Waals surface area contributed by atoms with E-state index in [0.29, 0.717) is 27.0 Å². The quantitative estimate of drug-likeness (QED) is 0.858. The van der Waals surface area contributed by atoms with Crippen molar-refractivity contribution in [1.82, 2.24) is 15.2 Å². The molecule has 0 fully saturated rings. The molecule has 0 atom stereocenters. The second-order valence-corrected chi connectivity index (χ2v) is 6.48. The second kappa shape index (κ2) is 6.00. The molecule has 0 spiro atoms. The van der Waals surface area contributed by atoms with E-state index in [-0.39, 0.29) is 5.78 Å². The number of benzene rings is 1. The highest BCUT2D eigenvalue weighted by atomic mass is 35.5. The van der Waals surface area contributed by atoms with E-state index in [0.717, 1.165) is 0 Å². The Kier molecular flexibility index (Phi) is 4.49. The van der Waals surface area contributed by atoms with Crippen LogP contribution in [0, 0.1) is 5.41 Å². The fourth-order valence-electron chi connectivity index (χ4n) is 1.75. The molecule has 1 heterocycles. The molecular formula is C15H15Cl2N3O. The fraction of sp³-hybridized carbons (Fsp3) is 0.267. The molecule has 0 aliphatic rings. The topological polar surface area (TPSA) is 58.6 Å². The van der Waals surface area contributed by atoms with Crippen LogP contribution in [-0.2, 0) is 4.79 Å². The third kappa shape index (κ3) is 3.71. The molecule has 0 saturated heterocycles. The van der Waals surface area contributed by atoms with E-state index >= 15 is 0 Å². The Morgan fingerprint density at radius 3 is 2.52 bits per heavy atom. The highest BCUT2D eigenvalue weighted by Gasteiger charge is 2.27. The number of ketones is 1. The van der Waals surface area contributed by atoms with E-state index in [9.17, 15) is 4.79 Å². The molecule has 0 aliphatic heterocycles. The van der Waals surface area contributed by atoms with Crippen LogP contribution in [-0.4, -0.2) is 21.0 Å². The Bertz CT molecular complexity index is 685. The molecule has 0 saturated carbocycles. The zero-order valence-electron chi connectivity index (χ0n) is 11.9. The van der Waals surface area contributed by atoms with Crippen LogP contribution in [0.5, 0.6) is 0 Å². The van der Waals surface area contributed by atoms with E-state index in [1.807, 2.05) is 20.8 Å². The summed E-state index contributed by atoms with van der Waals surface area (Å²) in [7, 11) is 0. The van der Waals surface area contributed by atoms with Crippen molar-refractivity contribution < 1.29 is 4.79 Å². The summed E-state index contributed by atoms with van der Waals surface area (Å²) in [6, 6.07) is 5.12. The molecule has 0 unspecified atom stereocenters. The molecule has 1 aromatic carbocycles. The first-order chi connectivity index (χ1) is 9.79. The minimum absolute atomic E-state index is 0.0507. The predicted molar refractivity (Wildman–Crippen MR) is 85.2 cm³/mol. The van der Waals surface area contributed by atoms with Gasteiger partial charge in [0.1, 0.15) is 6.33 Å². The van der Waals surface area contributed by atoms with Crippen molar-refractivity contribution in [3.63, 3.8) is 0 Å². The number of carbonyl (C=O) groups excluding carboxylic acids is 1. The van der Waals surface area contributed by atoms with Gasteiger partial charge in [0, 0.05) is 15.5 Å². The van der Waals surface area contributed by atoms with Crippen LogP contribution in [0.1, 0.15) is 32.2 Å². The zero-order chi connectivity index (χ0) is 15.6. The molecular weight excluding hydrogens is 309 g/mol. The van der Waals surface area contributed by atoms with Gasteiger partial charge in [0.15, 0.2) is 11.6 Å². The molecule has 0 radical (unpaired) electrons. The lowest BCUT2D eigenvalue weighted by molar-refractivity contribution is -0.120. The Balaban J connectivity index is 2.55. The second-order valence-electron chi connectivity index (χ2n) is 5.64. The van der Waals surface area contributed by atoms with Crippen molar-refractivity contribution in [1.29, 1.82) is 0 Å². The minimum Gasteiger partial charge on any atom is -0.293 e. The lowest BCUT2D eigenvalue weighted by Crippen LogP contribution is -2.21. The number of halogens is 2. The summed E-state index contributed by atoms with van der Waals surface area (Å²) in [6.07, 6.45) is 3.06. The number of carbonyl (C=O) groups is 1. The number of hydrogen-bond donors (Lipinski definition) is 1. The van der Waals surface area contributed by atoms with Crippen molar-refractivity contribution in [3.8, 4) is 0 Å². The number of hydrogen-bond acceptors (Lipinski definition) is 3. The van der Waals surface area contributed by atoms with Crippen LogP contribution in [0.2, 0.25) is 10.0 Å². The molecule has 110 valence electrons. The largest absolute Gasteiger partial charge is 0.293 e. The molecule has 2 rings (SSSR count). The molecule has 2 aromatic rings. The van der Waals surface area contributed by atoms with Gasteiger partial charge in [-0.2, -0.15) is 5.10 Å². The molecule has 4 nitrogen and oxygen atoms in total. The first kappa shape index (κ1) is 15.7. The highest BCUT2D eigenvalue weighted by molar-refractivity contribution is 6.36. The third-order valence-electron chi connectivity index (χ3n) is 2.86. The van der Waals surface area contributed by atoms with Gasteiger partial charge in [0.25, 0.3) is 0 Å². The molecule has 21 heavy (non-hydrogen) atoms. The number of nitrogens with zero attached hydrogens (tertiary/aromatic N) is 2. The number of H-pyrrole nitrogens is 1. The standard InChI is InChI=1S/C15H15Cl2N3O/c1-15(2,3)13(21)11(14-18-8-19-20-14)6-9-4-5-10(16)7-12(9)17/h4-8H,1-3H3,(H,18,19,20). The molecule has 0 bridgehead atoms. The summed E-state index contributed by atoms with van der Waals surface area (Å²) in [5, 5.41) is 7.54. The average Bonchev–Trinajstić information content (AvgIpc) is 2.90. The first-order valence-electron chi connectivity index (χ1n) is 6.36. The normalized spacial score (nSPS) is 12.5. The zero-order valence-corrected chi connectivity index (χ0v) is 13.5. The van der Waals surface area contributed by atoms with Crippen molar-refractivity contribution in [2.45, 2.75) is 20.8 Å². The van der Waals surface area contributed by atoms with E-state index in [4.69, 9.17) is 23.2 Å². The summed E-state index contributed by atoms with van der Waals surface area (Å²) in [5.41, 5.74) is 0.589. The average molecular weight is 324 g/mol. The highest BCUT2D eigenvalue weighted by Crippen LogP contribution is 2.29. The third-order valence-corrected chi connectivity index (χ3v) is 3.42. The van der Waals surface area contributed by atoms with E-state index in [2.05, 4.69) is 15.2 Å². The van der Waals surface area contributed by atoms with Crippen LogP contribution < -0.4 is 0 Å². The van der Waals surface area contributed by atoms with Gasteiger partial charge in [-0.15, -0.1) is 0 Å². The van der Waals surface area contributed by atoms with Gasteiger partial charge >= 0.3 is 0 Å². The molecule has 0 amide bonds. The van der Waals surface area contributed by atoms with Gasteiger partial charge in [-0.25, -0.2) is 4.98 Å². The lowest BCUT2D eigenvalue weighted by Gasteiger charge is -2.18. The Labute approximate surface area is 133 Å². The molecule has 1 aromatic heterocycles. The first-order valence-corrected chi connectivity index (χ1v) is 7.12. The van der Waals surface area contributed by atoms with Crippen molar-refractivity contribution in [3.05, 3.63) is 46.0 Å². The summed E-state index contributed by atoms with van der Waals surface area (Å²) in [6.45, 7) is 5.55. The van der Waals surface area contributed by atoms with Gasteiger partial charge in [0.05, 0.1) is 5.57 Å². The van der Waals surface area contributed by atoms with Crippen molar-refractivity contribution in [2.75, 3.05) is 0 Å². The van der Waals surface area contributed by atoms with Gasteiger partial charge in [-0.3, -0.25) is 9.89 Å². The maximum absolute atomic E-state index is 12.6. The van der Waals surface area contributed by atoms with Crippen molar-refractivity contribution >= 4 is 40.6 Å². The maximum Gasteiger partial charge on any atom is 0.171 e. The Morgan fingerprint density at radius 1 is 1.29 bits per heavy atom. The number of rotatable bonds is 3. The number of nitrogens with one attached hydrogen (secondary N) is 1. The lowest BCUT2D eigenvalue weighted by atomic mass is 9.85. The van der Waals surface area contributed by atoms with Gasteiger partial charge in [-0.05, 0) is 23.8 Å². The van der Waals surface area contributed by atoms with Crippen LogP contribution in [0.4, 0.5) is 0 Å².